The number of halogens is 2. The summed E-state index contributed by atoms with van der Waals surface area (Å²) in [7, 11) is 0. The van der Waals surface area contributed by atoms with Gasteiger partial charge in [0.05, 0.1) is 13.0 Å². The van der Waals surface area contributed by atoms with E-state index in [0.29, 0.717) is 29.6 Å². The van der Waals surface area contributed by atoms with E-state index < -0.39 is 5.97 Å². The Balaban J connectivity index is 0.00000288. The van der Waals surface area contributed by atoms with Crippen molar-refractivity contribution < 1.29 is 36.0 Å². The molecule has 1 aromatic carbocycles. The number of ether oxygens (including phenoxy) is 2. The van der Waals surface area contributed by atoms with E-state index in [4.69, 9.17) is 21.1 Å². The molecule has 0 saturated heterocycles. The van der Waals surface area contributed by atoms with Gasteiger partial charge in [0.15, 0.2) is 12.8 Å². The van der Waals surface area contributed by atoms with Gasteiger partial charge in [0, 0.05) is 17.5 Å². The van der Waals surface area contributed by atoms with Crippen LogP contribution in [0.25, 0.3) is 0 Å². The van der Waals surface area contributed by atoms with Crippen molar-refractivity contribution in [3.63, 3.8) is 0 Å². The quantitative estimate of drug-likeness (QED) is 0.552. The average molecular weight is 417 g/mol. The summed E-state index contributed by atoms with van der Waals surface area (Å²) >= 11 is 6.03. The summed E-state index contributed by atoms with van der Waals surface area (Å²) in [4.78, 5) is 28.6. The molecule has 0 N–H and O–H groups in total. The van der Waals surface area contributed by atoms with Crippen LogP contribution in [-0.2, 0) is 20.7 Å². The smallest absolute Gasteiger partial charge is 0.344 e. The summed E-state index contributed by atoms with van der Waals surface area (Å²) < 4.78 is 10.3. The summed E-state index contributed by atoms with van der Waals surface area (Å²) in [5, 5.41) is 0.532. The van der Waals surface area contributed by atoms with Crippen LogP contribution in [-0.4, -0.2) is 35.8 Å². The maximum absolute atomic E-state index is 11.6. The summed E-state index contributed by atoms with van der Waals surface area (Å²) in [5.41, 5.74) is 0.732. The number of rotatable bonds is 6. The molecule has 129 valence electrons. The zero-order valence-electron chi connectivity index (χ0n) is 13.3. The van der Waals surface area contributed by atoms with Crippen molar-refractivity contribution in [2.75, 3.05) is 13.2 Å². The molecule has 24 heavy (non-hydrogen) atoms. The molecular weight excluding hydrogens is 400 g/mol. The summed E-state index contributed by atoms with van der Waals surface area (Å²) in [5.74, 6) is 0.494. The Hall–Kier alpha value is -1.86. The van der Waals surface area contributed by atoms with E-state index in [1.54, 1.807) is 37.5 Å². The van der Waals surface area contributed by atoms with Crippen LogP contribution in [0.5, 0.6) is 5.75 Å². The van der Waals surface area contributed by atoms with Crippen LogP contribution in [0.2, 0.25) is 5.02 Å². The molecule has 0 fully saturated rings. The van der Waals surface area contributed by atoms with Crippen LogP contribution in [0.15, 0.2) is 30.6 Å². The standard InChI is InChI=1S/C16H17ClN2O4.BrH/c1-3-22-16(21)10-23-14-5-4-13(17)8-12(14)9-15-18-6-7-19(15)11(2)20;/h4-8H,3,9-10H2,1-2H3;1H/q+1;/p-1. The number of amidine groups is 1. The van der Waals surface area contributed by atoms with E-state index in [-0.39, 0.29) is 29.5 Å². The van der Waals surface area contributed by atoms with Gasteiger partial charge in [0.1, 0.15) is 11.9 Å². The van der Waals surface area contributed by atoms with Gasteiger partial charge in [0.25, 0.3) is 0 Å². The predicted molar refractivity (Wildman–Crippen MR) is 86.1 cm³/mol. The highest BCUT2D eigenvalue weighted by atomic mass is 79.9. The largest absolute Gasteiger partial charge is 1.00 e. The predicted octanol–water partition coefficient (Wildman–Crippen LogP) is -1.10. The number of carbonyl (C=O) groups is 2. The van der Waals surface area contributed by atoms with Crippen LogP contribution in [0.1, 0.15) is 19.4 Å². The maximum Gasteiger partial charge on any atom is 0.344 e. The lowest BCUT2D eigenvalue weighted by atomic mass is 10.1. The second-order valence-corrected chi connectivity index (χ2v) is 5.19. The molecule has 0 saturated carbocycles. The molecule has 2 rings (SSSR count). The van der Waals surface area contributed by atoms with Crippen molar-refractivity contribution >= 4 is 29.3 Å². The molecule has 0 bridgehead atoms. The van der Waals surface area contributed by atoms with Crippen LogP contribution >= 0.6 is 11.6 Å². The fraction of sp³-hybridized carbons (Fsp3) is 0.312. The SMILES string of the molecule is CCOC(=O)COc1ccc(Cl)cc1CC1=[N+]C=CN1C(C)=O.[Br-]. The molecule has 0 unspecified atom stereocenters. The van der Waals surface area contributed by atoms with Crippen LogP contribution in [0, 0.1) is 0 Å². The minimum atomic E-state index is -0.446. The van der Waals surface area contributed by atoms with Crippen LogP contribution in [0.4, 0.5) is 0 Å². The maximum atomic E-state index is 11.6. The first-order valence-electron chi connectivity index (χ1n) is 7.11. The van der Waals surface area contributed by atoms with E-state index in [2.05, 4.69) is 4.99 Å². The minimum Gasteiger partial charge on any atom is -1.00 e. The monoisotopic (exact) mass is 415 g/mol. The molecule has 0 aliphatic carbocycles. The normalized spacial score (nSPS) is 12.5. The number of aliphatic imine (C=N–C) groups is 1. The van der Waals surface area contributed by atoms with Gasteiger partial charge in [-0.15, -0.1) is 0 Å². The number of esters is 1. The Morgan fingerprint density at radius 3 is 2.75 bits per heavy atom. The van der Waals surface area contributed by atoms with Gasteiger partial charge in [-0.05, 0) is 30.1 Å². The Labute approximate surface area is 155 Å². The first-order chi connectivity index (χ1) is 11.0. The van der Waals surface area contributed by atoms with Gasteiger partial charge in [-0.25, -0.2) is 9.59 Å². The molecule has 8 heteroatoms. The number of hydrogen-bond acceptors (Lipinski definition) is 5. The first kappa shape index (κ1) is 20.2. The summed E-state index contributed by atoms with van der Waals surface area (Å²) in [6.45, 7) is 3.30. The van der Waals surface area contributed by atoms with Crippen molar-refractivity contribution in [2.24, 2.45) is 0 Å². The highest BCUT2D eigenvalue weighted by Crippen LogP contribution is 2.24. The molecule has 1 aliphatic heterocycles. The number of nitrogens with zero attached hydrogens (tertiary/aromatic N) is 2. The molecule has 1 aliphatic rings. The van der Waals surface area contributed by atoms with E-state index >= 15 is 0 Å². The van der Waals surface area contributed by atoms with Gasteiger partial charge < -0.3 is 26.5 Å². The van der Waals surface area contributed by atoms with E-state index in [1.807, 2.05) is 0 Å². The van der Waals surface area contributed by atoms with Gasteiger partial charge in [-0.1, -0.05) is 11.6 Å². The fourth-order valence-corrected chi connectivity index (χ4v) is 2.28. The third kappa shape index (κ3) is 5.35. The highest BCUT2D eigenvalue weighted by Gasteiger charge is 2.29. The second-order valence-electron chi connectivity index (χ2n) is 4.76. The molecule has 1 heterocycles. The molecule has 6 nitrogen and oxygen atoms in total. The number of benzene rings is 1. The first-order valence-corrected chi connectivity index (χ1v) is 7.49. The van der Waals surface area contributed by atoms with Gasteiger partial charge >= 0.3 is 17.7 Å². The zero-order chi connectivity index (χ0) is 16.8. The summed E-state index contributed by atoms with van der Waals surface area (Å²) in [6.07, 6.45) is 3.51. The van der Waals surface area contributed by atoms with Crippen molar-refractivity contribution in [3.05, 3.63) is 41.2 Å². The second kappa shape index (κ2) is 9.44. The van der Waals surface area contributed by atoms with Crippen LogP contribution < -0.4 is 26.7 Å². The molecule has 0 aromatic heterocycles. The molecule has 1 amide bonds. The Bertz CT molecular complexity index is 676. The third-order valence-corrected chi connectivity index (χ3v) is 3.31. The Kier molecular flexibility index (Phi) is 7.94. The molecule has 1 aromatic rings. The summed E-state index contributed by atoms with van der Waals surface area (Å²) in [6, 6.07) is 5.07. The van der Waals surface area contributed by atoms with E-state index in [9.17, 15) is 9.59 Å². The Morgan fingerprint density at radius 1 is 1.33 bits per heavy atom. The van der Waals surface area contributed by atoms with Crippen molar-refractivity contribution in [3.8, 4) is 5.75 Å². The van der Waals surface area contributed by atoms with E-state index in [0.717, 1.165) is 5.56 Å². The lowest BCUT2D eigenvalue weighted by Gasteiger charge is -2.12. The molecular formula is C16H17BrClN2O4. The highest BCUT2D eigenvalue weighted by molar-refractivity contribution is 6.30. The van der Waals surface area contributed by atoms with Gasteiger partial charge in [-0.2, -0.15) is 4.90 Å². The number of amides is 1. The molecule has 1 radical (unpaired) electrons. The topological polar surface area (TPSA) is 69.9 Å². The fourth-order valence-electron chi connectivity index (χ4n) is 2.09. The van der Waals surface area contributed by atoms with Crippen LogP contribution in [0.3, 0.4) is 0 Å². The van der Waals surface area contributed by atoms with Crippen molar-refractivity contribution in [2.45, 2.75) is 20.3 Å². The minimum absolute atomic E-state index is 0. The number of hydrogen-bond donors (Lipinski definition) is 0. The Morgan fingerprint density at radius 2 is 2.08 bits per heavy atom. The molecule has 0 spiro atoms. The lowest BCUT2D eigenvalue weighted by Crippen LogP contribution is -3.00. The number of carbonyl (C=O) groups excluding carboxylic acids is 2. The lowest BCUT2D eigenvalue weighted by molar-refractivity contribution is -0.145. The van der Waals surface area contributed by atoms with Crippen molar-refractivity contribution in [1.82, 2.24) is 9.89 Å². The van der Waals surface area contributed by atoms with Crippen molar-refractivity contribution in [1.29, 1.82) is 0 Å². The van der Waals surface area contributed by atoms with Gasteiger partial charge in [-0.3, -0.25) is 0 Å². The van der Waals surface area contributed by atoms with Gasteiger partial charge in [0.2, 0.25) is 0 Å². The average Bonchev–Trinajstić information content (AvgIpc) is 2.95. The molecule has 0 atom stereocenters. The third-order valence-electron chi connectivity index (χ3n) is 3.08. The van der Waals surface area contributed by atoms with E-state index in [1.165, 1.54) is 11.8 Å². The zero-order valence-corrected chi connectivity index (χ0v) is 15.6.